The fraction of sp³-hybridized carbons (Fsp3) is 0.349. The van der Waals surface area contributed by atoms with E-state index in [1.807, 2.05) is 89.8 Å². The predicted octanol–water partition coefficient (Wildman–Crippen LogP) is 10.9. The maximum atomic E-state index is 13.8. The number of amides is 2. The molecule has 4 heterocycles. The van der Waals surface area contributed by atoms with Gasteiger partial charge in [-0.3, -0.25) is 14.5 Å². The number of nitrogens with zero attached hydrogens (tertiary/aromatic N) is 2. The Labute approximate surface area is 364 Å². The lowest BCUT2D eigenvalue weighted by molar-refractivity contribution is -0.133. The van der Waals surface area contributed by atoms with Gasteiger partial charge in [-0.2, -0.15) is 0 Å². The Kier molecular flexibility index (Phi) is 14.4. The molecule has 1 saturated heterocycles. The van der Waals surface area contributed by atoms with Gasteiger partial charge in [-0.15, -0.1) is 0 Å². The number of thiocarbonyl (C=S) groups is 1. The zero-order valence-electron chi connectivity index (χ0n) is 31.5. The molecule has 1 fully saturated rings. The van der Waals surface area contributed by atoms with Crippen LogP contribution in [0, 0.1) is 0 Å². The van der Waals surface area contributed by atoms with Crippen LogP contribution in [-0.2, 0) is 20.7 Å². The second kappa shape index (κ2) is 19.0. The minimum absolute atomic E-state index is 0.0709. The molecule has 4 atom stereocenters. The number of thioether (sulfide) groups is 1. The number of rotatable bonds is 7. The SMILES string of the molecule is CCCBr.CCCSC1=NC2(CC(c3ccccc3)Oc3ccc(Br)cc32)C(=O)N1CCC.O=C1NC(=S)NC12CC(c1ccccc1)Oc1ccc(Br)cc12. The van der Waals surface area contributed by atoms with Gasteiger partial charge in [0.2, 0.25) is 0 Å². The van der Waals surface area contributed by atoms with E-state index in [0.29, 0.717) is 30.2 Å². The molecule has 4 aromatic rings. The number of ether oxygens (including phenoxy) is 2. The number of hydrogen-bond donors (Lipinski definition) is 2. The molecule has 4 aromatic carbocycles. The summed E-state index contributed by atoms with van der Waals surface area (Å²) in [5.74, 6) is 2.32. The number of amidine groups is 1. The lowest BCUT2D eigenvalue weighted by Crippen LogP contribution is -2.48. The van der Waals surface area contributed by atoms with Crippen LogP contribution in [0.25, 0.3) is 0 Å². The molecule has 2 spiro atoms. The van der Waals surface area contributed by atoms with Gasteiger partial charge in [-0.1, -0.05) is 141 Å². The maximum absolute atomic E-state index is 13.8. The van der Waals surface area contributed by atoms with Crippen molar-refractivity contribution in [3.8, 4) is 11.5 Å². The van der Waals surface area contributed by atoms with Crippen molar-refractivity contribution in [2.75, 3.05) is 17.6 Å². The van der Waals surface area contributed by atoms with E-state index in [-0.39, 0.29) is 24.0 Å². The highest BCUT2D eigenvalue weighted by Crippen LogP contribution is 2.52. The van der Waals surface area contributed by atoms with Crippen LogP contribution >= 0.6 is 71.8 Å². The number of aliphatic imine (C=N–C) groups is 1. The summed E-state index contributed by atoms with van der Waals surface area (Å²) < 4.78 is 14.3. The third-order valence-electron chi connectivity index (χ3n) is 9.77. The van der Waals surface area contributed by atoms with Crippen LogP contribution < -0.4 is 20.1 Å². The Morgan fingerprint density at radius 3 is 1.88 bits per heavy atom. The lowest BCUT2D eigenvalue weighted by Gasteiger charge is -2.38. The second-order valence-electron chi connectivity index (χ2n) is 13.8. The van der Waals surface area contributed by atoms with Gasteiger partial charge in [0.15, 0.2) is 21.4 Å². The summed E-state index contributed by atoms with van der Waals surface area (Å²) in [6.45, 7) is 7.07. The first-order valence-electron chi connectivity index (χ1n) is 18.9. The molecule has 8 rings (SSSR count). The fourth-order valence-electron chi connectivity index (χ4n) is 7.17. The summed E-state index contributed by atoms with van der Waals surface area (Å²) >= 11 is 17.1. The van der Waals surface area contributed by atoms with Crippen LogP contribution in [-0.4, -0.2) is 44.6 Å². The molecule has 2 amide bonds. The van der Waals surface area contributed by atoms with Gasteiger partial charge in [0.25, 0.3) is 11.8 Å². The first-order valence-corrected chi connectivity index (χ1v) is 23.0. The first kappa shape index (κ1) is 42.4. The summed E-state index contributed by atoms with van der Waals surface area (Å²) in [7, 11) is 0. The van der Waals surface area contributed by atoms with E-state index in [9.17, 15) is 9.59 Å². The summed E-state index contributed by atoms with van der Waals surface area (Å²) in [6.07, 6.45) is 3.74. The molecule has 0 aliphatic carbocycles. The Balaban J connectivity index is 0.000000177. The smallest absolute Gasteiger partial charge is 0.261 e. The van der Waals surface area contributed by atoms with Gasteiger partial charge in [-0.25, -0.2) is 4.99 Å². The van der Waals surface area contributed by atoms with E-state index in [1.54, 1.807) is 11.8 Å². The molecule has 0 saturated carbocycles. The number of hydrogen-bond acceptors (Lipinski definition) is 7. The van der Waals surface area contributed by atoms with E-state index in [4.69, 9.17) is 26.7 Å². The molecule has 4 aliphatic rings. The van der Waals surface area contributed by atoms with Gasteiger partial charge in [-0.05, 0) is 79.0 Å². The van der Waals surface area contributed by atoms with Crippen molar-refractivity contribution in [1.29, 1.82) is 0 Å². The fourth-order valence-corrected chi connectivity index (χ4v) is 9.10. The van der Waals surface area contributed by atoms with E-state index < -0.39 is 11.1 Å². The molecule has 0 bridgehead atoms. The standard InChI is InChI=1S/C23H25BrN2O2S.C17H13BrN2O2S.C3H7Br/c1-3-12-26-21(27)23(25-22(26)29-13-4-2)15-20(16-8-6-5-7-9-16)28-19-11-10-17(24)14-18(19)23;18-11-6-7-13-12(8-11)17(15(21)19-16(23)20-17)9-14(22-13)10-4-2-1-3-5-10;1-2-3-4/h5-11,14,20H,3-4,12-13,15H2,1-2H3;1-8,14H,9H2,(H2,19,20,21,23);2-3H2,1H3. The van der Waals surface area contributed by atoms with Gasteiger partial charge >= 0.3 is 0 Å². The van der Waals surface area contributed by atoms with Crippen molar-refractivity contribution in [3.63, 3.8) is 0 Å². The molecule has 294 valence electrons. The highest BCUT2D eigenvalue weighted by atomic mass is 79.9. The molecule has 4 unspecified atom stereocenters. The van der Waals surface area contributed by atoms with E-state index in [2.05, 4.69) is 91.3 Å². The second-order valence-corrected chi connectivity index (χ2v) is 17.9. The van der Waals surface area contributed by atoms with Crippen molar-refractivity contribution in [2.24, 2.45) is 4.99 Å². The minimum atomic E-state index is -0.927. The third-order valence-corrected chi connectivity index (χ3v) is 12.9. The Bertz CT molecular complexity index is 2070. The third kappa shape index (κ3) is 8.92. The largest absolute Gasteiger partial charge is 0.485 e. The highest BCUT2D eigenvalue weighted by Gasteiger charge is 2.55. The maximum Gasteiger partial charge on any atom is 0.261 e. The highest BCUT2D eigenvalue weighted by molar-refractivity contribution is 9.10. The molecular weight excluding hydrogens is 940 g/mol. The number of fused-ring (bicyclic) bond motifs is 4. The predicted molar refractivity (Wildman–Crippen MR) is 241 cm³/mol. The molecule has 4 aliphatic heterocycles. The van der Waals surface area contributed by atoms with Crippen LogP contribution in [0.15, 0.2) is 111 Å². The van der Waals surface area contributed by atoms with Crippen LogP contribution in [0.1, 0.15) is 87.3 Å². The normalized spacial score (nSPS) is 23.0. The molecule has 13 heteroatoms. The Hall–Kier alpha value is -3.23. The minimum Gasteiger partial charge on any atom is -0.485 e. The van der Waals surface area contributed by atoms with Crippen molar-refractivity contribution in [3.05, 3.63) is 128 Å². The molecule has 0 radical (unpaired) electrons. The number of alkyl halides is 1. The topological polar surface area (TPSA) is 92.3 Å². The molecule has 56 heavy (non-hydrogen) atoms. The zero-order chi connectivity index (χ0) is 39.9. The number of halogens is 3. The van der Waals surface area contributed by atoms with Gasteiger partial charge in [0.1, 0.15) is 23.7 Å². The zero-order valence-corrected chi connectivity index (χ0v) is 37.9. The number of benzene rings is 4. The quantitative estimate of drug-likeness (QED) is 0.141. The van der Waals surface area contributed by atoms with Crippen molar-refractivity contribution < 1.29 is 19.1 Å². The summed E-state index contributed by atoms with van der Waals surface area (Å²) in [5, 5.41) is 8.23. The monoisotopic (exact) mass is 982 g/mol. The number of nitrogens with one attached hydrogen (secondary N) is 2. The summed E-state index contributed by atoms with van der Waals surface area (Å²) in [4.78, 5) is 33.5. The van der Waals surface area contributed by atoms with Crippen molar-refractivity contribution >= 4 is 93.9 Å². The van der Waals surface area contributed by atoms with Gasteiger partial charge in [0, 0.05) is 50.5 Å². The Morgan fingerprint density at radius 1 is 0.804 bits per heavy atom. The lowest BCUT2D eigenvalue weighted by atomic mass is 9.80. The summed E-state index contributed by atoms with van der Waals surface area (Å²) in [6, 6.07) is 31.6. The van der Waals surface area contributed by atoms with Crippen LogP contribution in [0.3, 0.4) is 0 Å². The first-order chi connectivity index (χ1) is 27.1. The number of carbonyl (C=O) groups is 2. The average Bonchev–Trinajstić information content (AvgIpc) is 3.65. The molecule has 2 N–H and O–H groups in total. The van der Waals surface area contributed by atoms with Crippen LogP contribution in [0.4, 0.5) is 0 Å². The Morgan fingerprint density at radius 2 is 1.36 bits per heavy atom. The summed E-state index contributed by atoms with van der Waals surface area (Å²) in [5.41, 5.74) is 1.94. The van der Waals surface area contributed by atoms with E-state index in [0.717, 1.165) is 66.0 Å². The van der Waals surface area contributed by atoms with E-state index >= 15 is 0 Å². The van der Waals surface area contributed by atoms with Crippen LogP contribution in [0.2, 0.25) is 0 Å². The van der Waals surface area contributed by atoms with Gasteiger partial charge < -0.3 is 20.1 Å². The van der Waals surface area contributed by atoms with Gasteiger partial charge in [0.05, 0.1) is 0 Å². The van der Waals surface area contributed by atoms with Crippen molar-refractivity contribution in [2.45, 2.75) is 76.2 Å². The molecule has 0 aromatic heterocycles. The van der Waals surface area contributed by atoms with Crippen molar-refractivity contribution in [1.82, 2.24) is 15.5 Å². The molecular formula is C43H45Br3N4O4S2. The van der Waals surface area contributed by atoms with Crippen LogP contribution in [0.5, 0.6) is 11.5 Å². The molecule has 8 nitrogen and oxygen atoms in total. The average molecular weight is 986 g/mol. The number of carbonyl (C=O) groups excluding carboxylic acids is 2. The van der Waals surface area contributed by atoms with E-state index in [1.165, 1.54) is 6.42 Å².